The highest BCUT2D eigenvalue weighted by molar-refractivity contribution is 6.16. The van der Waals surface area contributed by atoms with Gasteiger partial charge in [0.2, 0.25) is 0 Å². The van der Waals surface area contributed by atoms with Crippen LogP contribution in [0.2, 0.25) is 0 Å². The van der Waals surface area contributed by atoms with Crippen LogP contribution >= 0.6 is 0 Å². The Morgan fingerprint density at radius 3 is 2.10 bits per heavy atom. The van der Waals surface area contributed by atoms with E-state index >= 15 is 0 Å². The molecule has 4 nitrogen and oxygen atoms in total. The number of esters is 1. The minimum atomic E-state index is -0.388. The van der Waals surface area contributed by atoms with Crippen LogP contribution < -0.4 is 0 Å². The van der Waals surface area contributed by atoms with E-state index in [0.29, 0.717) is 11.3 Å². The smallest absolute Gasteiger partial charge is 0.339 e. The van der Waals surface area contributed by atoms with E-state index in [9.17, 15) is 9.90 Å². The molecule has 0 aliphatic carbocycles. The van der Waals surface area contributed by atoms with Crippen molar-refractivity contribution >= 4 is 17.8 Å². The van der Waals surface area contributed by atoms with Crippen molar-refractivity contribution in [2.24, 2.45) is 4.99 Å². The molecule has 1 aromatic carbocycles. The minimum absolute atomic E-state index is 0.239. The summed E-state index contributed by atoms with van der Waals surface area (Å²) in [5.74, 6) is -0.0515. The fraction of sp³-hybridized carbons (Fsp3) is 0.520. The van der Waals surface area contributed by atoms with Crippen LogP contribution in [0, 0.1) is 0 Å². The Hall–Kier alpha value is -2.36. The quantitative estimate of drug-likeness (QED) is 0.616. The van der Waals surface area contributed by atoms with Crippen LogP contribution in [0.1, 0.15) is 84.4 Å². The first-order valence-electron chi connectivity index (χ1n) is 10.3. The molecule has 29 heavy (non-hydrogen) atoms. The number of aromatic hydroxyl groups is 1. The van der Waals surface area contributed by atoms with Gasteiger partial charge in [0, 0.05) is 23.0 Å². The van der Waals surface area contributed by atoms with E-state index in [1.165, 1.54) is 7.11 Å². The predicted molar refractivity (Wildman–Crippen MR) is 121 cm³/mol. The molecule has 0 saturated heterocycles. The van der Waals surface area contributed by atoms with E-state index in [4.69, 9.17) is 4.74 Å². The Morgan fingerprint density at radius 2 is 1.62 bits per heavy atom. The second-order valence-corrected chi connectivity index (χ2v) is 9.80. The summed E-state index contributed by atoms with van der Waals surface area (Å²) in [5, 5.41) is 11.0. The summed E-state index contributed by atoms with van der Waals surface area (Å²) in [6.07, 6.45) is 6.26. The molecule has 4 heteroatoms. The van der Waals surface area contributed by atoms with Gasteiger partial charge < -0.3 is 9.84 Å². The van der Waals surface area contributed by atoms with Crippen molar-refractivity contribution in [2.45, 2.75) is 78.6 Å². The molecule has 1 aliphatic heterocycles. The van der Waals surface area contributed by atoms with Crippen molar-refractivity contribution in [3.8, 4) is 5.75 Å². The average molecular weight is 398 g/mol. The first kappa shape index (κ1) is 22.9. The molecule has 0 unspecified atom stereocenters. The second kappa shape index (κ2) is 8.56. The zero-order valence-corrected chi connectivity index (χ0v) is 19.1. The molecule has 0 radical (unpaired) electrons. The van der Waals surface area contributed by atoms with E-state index in [1.54, 1.807) is 6.21 Å². The van der Waals surface area contributed by atoms with E-state index in [-0.39, 0.29) is 16.8 Å². The lowest BCUT2D eigenvalue weighted by Crippen LogP contribution is -2.18. The number of phenols is 1. The number of allylic oxidation sites excluding steroid dienone is 3. The molecule has 1 aliphatic rings. The number of benzene rings is 1. The maximum Gasteiger partial charge on any atom is 0.339 e. The van der Waals surface area contributed by atoms with Gasteiger partial charge >= 0.3 is 5.97 Å². The zero-order valence-electron chi connectivity index (χ0n) is 19.1. The maximum absolute atomic E-state index is 12.6. The Morgan fingerprint density at radius 1 is 1.07 bits per heavy atom. The van der Waals surface area contributed by atoms with Crippen molar-refractivity contribution in [3.63, 3.8) is 0 Å². The van der Waals surface area contributed by atoms with Gasteiger partial charge in [-0.15, -0.1) is 0 Å². The third kappa shape index (κ3) is 5.37. The SMILES string of the molecule is COC(=O)C1=C(c2cc(C(C)(C)C)c(O)c(C(C)(C)C)c2)CCC/C=C(\C)N=C1. The van der Waals surface area contributed by atoms with E-state index in [1.807, 2.05) is 19.1 Å². The summed E-state index contributed by atoms with van der Waals surface area (Å²) in [6, 6.07) is 4.05. The summed E-state index contributed by atoms with van der Waals surface area (Å²) in [4.78, 5) is 17.1. The van der Waals surface area contributed by atoms with Crippen LogP contribution in [0.4, 0.5) is 0 Å². The lowest BCUT2D eigenvalue weighted by atomic mass is 9.77. The van der Waals surface area contributed by atoms with Crippen molar-refractivity contribution in [3.05, 3.63) is 46.2 Å². The highest BCUT2D eigenvalue weighted by Gasteiger charge is 2.28. The van der Waals surface area contributed by atoms with Gasteiger partial charge in [-0.1, -0.05) is 47.6 Å². The topological polar surface area (TPSA) is 58.9 Å². The monoisotopic (exact) mass is 397 g/mol. The number of aliphatic imine (C=N–C) groups is 1. The third-order valence-electron chi connectivity index (χ3n) is 5.27. The number of hydrogen-bond acceptors (Lipinski definition) is 4. The number of carbonyl (C=O) groups is 1. The number of carbonyl (C=O) groups excluding carboxylic acids is 1. The number of phenolic OH excluding ortho intramolecular Hbond substituents is 1. The molecule has 158 valence electrons. The molecular weight excluding hydrogens is 362 g/mol. The molecule has 0 saturated carbocycles. The summed E-state index contributed by atoms with van der Waals surface area (Å²) >= 11 is 0. The number of hydrogen-bond donors (Lipinski definition) is 1. The molecule has 2 rings (SSSR count). The van der Waals surface area contributed by atoms with Crippen LogP contribution in [0.3, 0.4) is 0 Å². The van der Waals surface area contributed by atoms with Gasteiger partial charge in [0.05, 0.1) is 12.7 Å². The third-order valence-corrected chi connectivity index (χ3v) is 5.27. The molecule has 0 spiro atoms. The number of nitrogens with zero attached hydrogens (tertiary/aromatic N) is 1. The van der Waals surface area contributed by atoms with Gasteiger partial charge in [-0.25, -0.2) is 4.79 Å². The highest BCUT2D eigenvalue weighted by atomic mass is 16.5. The molecule has 0 bridgehead atoms. The molecule has 1 N–H and O–H groups in total. The molecule has 1 aromatic rings. The van der Waals surface area contributed by atoms with Crippen LogP contribution in [0.15, 0.2) is 34.5 Å². The molecule has 0 fully saturated rings. The second-order valence-electron chi connectivity index (χ2n) is 9.80. The summed E-state index contributed by atoms with van der Waals surface area (Å²) in [6.45, 7) is 14.5. The normalized spacial score (nSPS) is 17.9. The Balaban J connectivity index is 2.86. The fourth-order valence-electron chi connectivity index (χ4n) is 3.56. The van der Waals surface area contributed by atoms with Crippen molar-refractivity contribution < 1.29 is 14.6 Å². The summed E-state index contributed by atoms with van der Waals surface area (Å²) in [5.41, 5.74) is 4.51. The number of ether oxygens (including phenoxy) is 1. The predicted octanol–water partition coefficient (Wildman–Crippen LogP) is 6.07. The van der Waals surface area contributed by atoms with Gasteiger partial charge in [0.25, 0.3) is 0 Å². The first-order valence-corrected chi connectivity index (χ1v) is 10.3. The van der Waals surface area contributed by atoms with Crippen molar-refractivity contribution in [1.82, 2.24) is 0 Å². The van der Waals surface area contributed by atoms with Gasteiger partial charge in [0.1, 0.15) is 5.75 Å². The average Bonchev–Trinajstić information content (AvgIpc) is 2.70. The number of rotatable bonds is 2. The molecule has 0 aromatic heterocycles. The van der Waals surface area contributed by atoms with Gasteiger partial charge in [-0.2, -0.15) is 0 Å². The minimum Gasteiger partial charge on any atom is -0.507 e. The maximum atomic E-state index is 12.6. The molecule has 1 heterocycles. The molecule has 0 amide bonds. The van der Waals surface area contributed by atoms with E-state index < -0.39 is 0 Å². The van der Waals surface area contributed by atoms with E-state index in [0.717, 1.165) is 47.2 Å². The molecule has 0 atom stereocenters. The van der Waals surface area contributed by atoms with Crippen molar-refractivity contribution in [2.75, 3.05) is 7.11 Å². The Bertz CT molecular complexity index is 839. The Kier molecular flexibility index (Phi) is 6.77. The van der Waals surface area contributed by atoms with Crippen LogP contribution in [-0.4, -0.2) is 24.4 Å². The molecular formula is C25H35NO3. The fourth-order valence-corrected chi connectivity index (χ4v) is 3.56. The Labute approximate surface area is 175 Å². The van der Waals surface area contributed by atoms with Gasteiger partial charge in [0.15, 0.2) is 0 Å². The highest BCUT2D eigenvalue weighted by Crippen LogP contribution is 2.42. The van der Waals surface area contributed by atoms with Crippen LogP contribution in [-0.2, 0) is 20.4 Å². The summed E-state index contributed by atoms with van der Waals surface area (Å²) < 4.78 is 5.08. The number of methoxy groups -OCH3 is 1. The lowest BCUT2D eigenvalue weighted by Gasteiger charge is -2.29. The summed E-state index contributed by atoms with van der Waals surface area (Å²) in [7, 11) is 1.40. The van der Waals surface area contributed by atoms with Crippen LogP contribution in [0.25, 0.3) is 5.57 Å². The van der Waals surface area contributed by atoms with Crippen LogP contribution in [0.5, 0.6) is 5.75 Å². The standard InChI is InChI=1S/C25H35NO3/c1-16-11-9-10-12-18(19(15-26-16)23(28)29-8)17-13-20(24(2,3)4)22(27)21(14-17)25(5,6)7/h11,13-15,27H,9-10,12H2,1-8H3/b16-11+,19-18?,26-15?. The largest absolute Gasteiger partial charge is 0.507 e. The first-order chi connectivity index (χ1) is 13.4. The van der Waals surface area contributed by atoms with Crippen molar-refractivity contribution in [1.29, 1.82) is 0 Å². The lowest BCUT2D eigenvalue weighted by molar-refractivity contribution is -0.135. The zero-order chi connectivity index (χ0) is 22.0. The van der Waals surface area contributed by atoms with Gasteiger partial charge in [-0.3, -0.25) is 4.99 Å². The van der Waals surface area contributed by atoms with E-state index in [2.05, 4.69) is 52.6 Å². The van der Waals surface area contributed by atoms with Gasteiger partial charge in [-0.05, 0) is 60.3 Å².